The number of carbonyl (C=O) groups excluding carboxylic acids is 1. The Morgan fingerprint density at radius 2 is 2.17 bits per heavy atom. The summed E-state index contributed by atoms with van der Waals surface area (Å²) in [6, 6.07) is -0.104. The third kappa shape index (κ3) is 2.69. The normalized spacial score (nSPS) is 33.4. The van der Waals surface area contributed by atoms with Gasteiger partial charge >= 0.3 is 5.97 Å². The van der Waals surface area contributed by atoms with E-state index in [4.69, 9.17) is 4.74 Å². The Labute approximate surface area is 109 Å². The fourth-order valence-corrected chi connectivity index (χ4v) is 3.49. The van der Waals surface area contributed by atoms with E-state index in [0.29, 0.717) is 18.4 Å². The Kier molecular flexibility index (Phi) is 4.62. The molecule has 0 aromatic carbocycles. The SMILES string of the molecule is CCCC(C(=O)OCC)N1CC2CCC(O)C2C1. The zero-order valence-corrected chi connectivity index (χ0v) is 11.5. The van der Waals surface area contributed by atoms with Crippen molar-refractivity contribution < 1.29 is 14.6 Å². The molecule has 1 aliphatic heterocycles. The van der Waals surface area contributed by atoms with Crippen LogP contribution in [0.25, 0.3) is 0 Å². The van der Waals surface area contributed by atoms with E-state index < -0.39 is 0 Å². The first-order valence-corrected chi connectivity index (χ1v) is 7.26. The average molecular weight is 255 g/mol. The minimum atomic E-state index is -0.163. The topological polar surface area (TPSA) is 49.8 Å². The van der Waals surface area contributed by atoms with E-state index in [1.807, 2.05) is 6.92 Å². The summed E-state index contributed by atoms with van der Waals surface area (Å²) in [5.74, 6) is 0.862. The molecule has 4 heteroatoms. The van der Waals surface area contributed by atoms with Crippen LogP contribution in [-0.2, 0) is 9.53 Å². The predicted octanol–water partition coefficient (Wildman–Crippen LogP) is 1.42. The molecular formula is C14H25NO3. The second-order valence-corrected chi connectivity index (χ2v) is 5.58. The lowest BCUT2D eigenvalue weighted by Crippen LogP contribution is -2.41. The zero-order chi connectivity index (χ0) is 13.1. The van der Waals surface area contributed by atoms with Crippen molar-refractivity contribution >= 4 is 5.97 Å². The van der Waals surface area contributed by atoms with Gasteiger partial charge in [-0.1, -0.05) is 13.3 Å². The van der Waals surface area contributed by atoms with Gasteiger partial charge in [-0.3, -0.25) is 9.69 Å². The van der Waals surface area contributed by atoms with Crippen LogP contribution in [0, 0.1) is 11.8 Å². The standard InChI is InChI=1S/C14H25NO3/c1-3-5-12(14(17)18-4-2)15-8-10-6-7-13(16)11(10)9-15/h10-13,16H,3-9H2,1-2H3. The van der Waals surface area contributed by atoms with Crippen molar-refractivity contribution in [2.24, 2.45) is 11.8 Å². The second-order valence-electron chi connectivity index (χ2n) is 5.58. The summed E-state index contributed by atoms with van der Waals surface area (Å²) in [6.45, 7) is 6.20. The van der Waals surface area contributed by atoms with Crippen molar-refractivity contribution in [3.63, 3.8) is 0 Å². The number of aliphatic hydroxyl groups excluding tert-OH is 1. The van der Waals surface area contributed by atoms with E-state index in [1.165, 1.54) is 0 Å². The lowest BCUT2D eigenvalue weighted by atomic mass is 10.00. The van der Waals surface area contributed by atoms with E-state index in [0.717, 1.165) is 38.8 Å². The number of hydrogen-bond donors (Lipinski definition) is 1. The smallest absolute Gasteiger partial charge is 0.323 e. The van der Waals surface area contributed by atoms with Gasteiger partial charge in [0.25, 0.3) is 0 Å². The monoisotopic (exact) mass is 255 g/mol. The fourth-order valence-electron chi connectivity index (χ4n) is 3.49. The molecule has 0 aromatic rings. The summed E-state index contributed by atoms with van der Waals surface area (Å²) in [6.07, 6.45) is 3.71. The number of rotatable bonds is 5. The molecule has 1 heterocycles. The number of nitrogens with zero attached hydrogens (tertiary/aromatic N) is 1. The molecule has 104 valence electrons. The van der Waals surface area contributed by atoms with Gasteiger partial charge < -0.3 is 9.84 Å². The third-order valence-corrected chi connectivity index (χ3v) is 4.41. The Bertz CT molecular complexity index is 295. The molecule has 4 unspecified atom stereocenters. The number of esters is 1. The van der Waals surface area contributed by atoms with Crippen LogP contribution >= 0.6 is 0 Å². The first kappa shape index (κ1) is 13.8. The van der Waals surface area contributed by atoms with Crippen molar-refractivity contribution in [2.75, 3.05) is 19.7 Å². The van der Waals surface area contributed by atoms with Crippen LogP contribution in [0.15, 0.2) is 0 Å². The number of carbonyl (C=O) groups is 1. The van der Waals surface area contributed by atoms with Crippen LogP contribution in [-0.4, -0.2) is 47.8 Å². The molecule has 18 heavy (non-hydrogen) atoms. The van der Waals surface area contributed by atoms with Crippen LogP contribution in [0.2, 0.25) is 0 Å². The first-order valence-electron chi connectivity index (χ1n) is 7.26. The second kappa shape index (κ2) is 6.02. The Morgan fingerprint density at radius 1 is 1.39 bits per heavy atom. The lowest BCUT2D eigenvalue weighted by molar-refractivity contribution is -0.149. The maximum absolute atomic E-state index is 12.0. The van der Waals surface area contributed by atoms with E-state index in [1.54, 1.807) is 0 Å². The van der Waals surface area contributed by atoms with E-state index in [-0.39, 0.29) is 18.1 Å². The Morgan fingerprint density at radius 3 is 2.78 bits per heavy atom. The summed E-state index contributed by atoms with van der Waals surface area (Å²) in [5, 5.41) is 9.93. The molecule has 0 spiro atoms. The highest BCUT2D eigenvalue weighted by Crippen LogP contribution is 2.39. The predicted molar refractivity (Wildman–Crippen MR) is 69.1 cm³/mol. The Balaban J connectivity index is 1.98. The van der Waals surface area contributed by atoms with Crippen LogP contribution < -0.4 is 0 Å². The molecular weight excluding hydrogens is 230 g/mol. The fraction of sp³-hybridized carbons (Fsp3) is 0.929. The van der Waals surface area contributed by atoms with Crippen molar-refractivity contribution in [3.05, 3.63) is 0 Å². The number of likely N-dealkylation sites (tertiary alicyclic amines) is 1. The zero-order valence-electron chi connectivity index (χ0n) is 11.5. The summed E-state index contributed by atoms with van der Waals surface area (Å²) in [7, 11) is 0. The van der Waals surface area contributed by atoms with E-state index in [2.05, 4.69) is 11.8 Å². The van der Waals surface area contributed by atoms with Gasteiger partial charge in [-0.15, -0.1) is 0 Å². The summed E-state index contributed by atoms with van der Waals surface area (Å²) < 4.78 is 5.17. The van der Waals surface area contributed by atoms with Gasteiger partial charge in [0.1, 0.15) is 6.04 Å². The third-order valence-electron chi connectivity index (χ3n) is 4.41. The number of aliphatic hydroxyl groups is 1. The molecule has 4 atom stereocenters. The lowest BCUT2D eigenvalue weighted by Gasteiger charge is -2.26. The van der Waals surface area contributed by atoms with Gasteiger partial charge in [0.15, 0.2) is 0 Å². The minimum Gasteiger partial charge on any atom is -0.465 e. The van der Waals surface area contributed by atoms with E-state index >= 15 is 0 Å². The molecule has 0 radical (unpaired) electrons. The summed E-state index contributed by atoms with van der Waals surface area (Å²) >= 11 is 0. The molecule has 4 nitrogen and oxygen atoms in total. The highest BCUT2D eigenvalue weighted by molar-refractivity contribution is 5.75. The van der Waals surface area contributed by atoms with E-state index in [9.17, 15) is 9.90 Å². The highest BCUT2D eigenvalue weighted by Gasteiger charge is 2.44. The molecule has 1 N–H and O–H groups in total. The van der Waals surface area contributed by atoms with Gasteiger partial charge in [-0.2, -0.15) is 0 Å². The molecule has 1 aliphatic carbocycles. The number of hydrogen-bond acceptors (Lipinski definition) is 4. The molecule has 0 amide bonds. The molecule has 1 saturated heterocycles. The van der Waals surface area contributed by atoms with Crippen LogP contribution in [0.5, 0.6) is 0 Å². The molecule has 2 rings (SSSR count). The van der Waals surface area contributed by atoms with Crippen molar-refractivity contribution in [3.8, 4) is 0 Å². The van der Waals surface area contributed by atoms with Crippen LogP contribution in [0.3, 0.4) is 0 Å². The molecule has 2 fully saturated rings. The highest BCUT2D eigenvalue weighted by atomic mass is 16.5. The van der Waals surface area contributed by atoms with Crippen LogP contribution in [0.1, 0.15) is 39.5 Å². The minimum absolute atomic E-state index is 0.0891. The van der Waals surface area contributed by atoms with Gasteiger partial charge in [0, 0.05) is 19.0 Å². The van der Waals surface area contributed by atoms with Gasteiger partial charge in [-0.05, 0) is 32.1 Å². The van der Waals surface area contributed by atoms with Crippen molar-refractivity contribution in [1.82, 2.24) is 4.90 Å². The van der Waals surface area contributed by atoms with Gasteiger partial charge in [-0.25, -0.2) is 0 Å². The molecule has 0 bridgehead atoms. The number of ether oxygens (including phenoxy) is 1. The van der Waals surface area contributed by atoms with Crippen LogP contribution in [0.4, 0.5) is 0 Å². The molecule has 1 saturated carbocycles. The number of fused-ring (bicyclic) bond motifs is 1. The average Bonchev–Trinajstić information content (AvgIpc) is 2.89. The first-order chi connectivity index (χ1) is 8.67. The van der Waals surface area contributed by atoms with Gasteiger partial charge in [0.05, 0.1) is 12.7 Å². The molecule has 2 aliphatic rings. The Hall–Kier alpha value is -0.610. The summed E-state index contributed by atoms with van der Waals surface area (Å²) in [5.41, 5.74) is 0. The maximum atomic E-state index is 12.0. The maximum Gasteiger partial charge on any atom is 0.323 e. The quantitative estimate of drug-likeness (QED) is 0.755. The summed E-state index contributed by atoms with van der Waals surface area (Å²) in [4.78, 5) is 14.2. The van der Waals surface area contributed by atoms with Crippen molar-refractivity contribution in [1.29, 1.82) is 0 Å². The van der Waals surface area contributed by atoms with Gasteiger partial charge in [0.2, 0.25) is 0 Å². The molecule has 0 aromatic heterocycles. The largest absolute Gasteiger partial charge is 0.465 e. The van der Waals surface area contributed by atoms with Crippen molar-refractivity contribution in [2.45, 2.75) is 51.7 Å².